The van der Waals surface area contributed by atoms with Gasteiger partial charge in [0.15, 0.2) is 0 Å². The number of aliphatic hydroxyl groups is 1. The molecule has 3 aromatic rings. The zero-order chi connectivity index (χ0) is 31.2. The summed E-state index contributed by atoms with van der Waals surface area (Å²) in [6.07, 6.45) is -1.26. The number of methoxy groups -OCH3 is 1. The molecule has 6 rings (SSSR count). The van der Waals surface area contributed by atoms with E-state index in [1.165, 1.54) is 11.0 Å². The molecule has 1 N–H and O–H groups in total. The minimum atomic E-state index is -4.67. The van der Waals surface area contributed by atoms with Gasteiger partial charge >= 0.3 is 12.3 Å². The summed E-state index contributed by atoms with van der Waals surface area (Å²) >= 11 is 0. The van der Waals surface area contributed by atoms with Gasteiger partial charge in [0.1, 0.15) is 18.5 Å². The van der Waals surface area contributed by atoms with Gasteiger partial charge in [0.05, 0.1) is 37.1 Å². The van der Waals surface area contributed by atoms with E-state index in [9.17, 15) is 27.5 Å². The number of carbonyl (C=O) groups excluding carboxylic acids is 1. The van der Waals surface area contributed by atoms with Crippen molar-refractivity contribution in [1.82, 2.24) is 9.88 Å². The summed E-state index contributed by atoms with van der Waals surface area (Å²) in [4.78, 5) is 19.7. The maximum absolute atomic E-state index is 13.6. The standard InChI is InChI=1S/C34H36F4N2O4/c1-19-32(24-13-20(17-35)14-25(15-24)34(36,37)38)44-33(42)40(19)18-30-27(10-11-29(39-30)22-3-4-22)28-16-23(7-12-31(28)43-2)21-5-8-26(41)9-6-21/h7,10-16,19,21-22,26,32,41H,3-6,8-9,17-18H2,1-2H3/t19-,21?,26?,32-/m0/s1. The highest BCUT2D eigenvalue weighted by molar-refractivity contribution is 5.75. The van der Waals surface area contributed by atoms with Gasteiger partial charge in [0, 0.05) is 22.7 Å². The predicted octanol–water partition coefficient (Wildman–Crippen LogP) is 8.22. The second-order valence-corrected chi connectivity index (χ2v) is 12.2. The molecule has 1 aliphatic heterocycles. The Hall–Kier alpha value is -3.66. The van der Waals surface area contributed by atoms with Crippen molar-refractivity contribution in [2.45, 2.75) is 94.9 Å². The van der Waals surface area contributed by atoms with E-state index in [1.54, 1.807) is 14.0 Å². The zero-order valence-electron chi connectivity index (χ0n) is 24.7. The number of pyridine rings is 1. The number of alkyl halides is 4. The number of benzene rings is 2. The van der Waals surface area contributed by atoms with Gasteiger partial charge < -0.3 is 14.6 Å². The molecule has 2 aliphatic carbocycles. The van der Waals surface area contributed by atoms with Crippen molar-refractivity contribution >= 4 is 6.09 Å². The van der Waals surface area contributed by atoms with Crippen LogP contribution in [0.3, 0.4) is 0 Å². The van der Waals surface area contributed by atoms with Gasteiger partial charge in [-0.05, 0) is 104 Å². The van der Waals surface area contributed by atoms with E-state index in [2.05, 4.69) is 12.1 Å². The average Bonchev–Trinajstić information content (AvgIpc) is 3.83. The summed E-state index contributed by atoms with van der Waals surface area (Å²) in [5.74, 6) is 1.32. The lowest BCUT2D eigenvalue weighted by Crippen LogP contribution is -2.32. The van der Waals surface area contributed by atoms with Crippen molar-refractivity contribution in [3.05, 3.63) is 82.2 Å². The van der Waals surface area contributed by atoms with Crippen LogP contribution in [0.1, 0.15) is 97.0 Å². The number of cyclic esters (lactones) is 1. The Morgan fingerprint density at radius 3 is 2.34 bits per heavy atom. The molecule has 2 heterocycles. The third-order valence-corrected chi connectivity index (χ3v) is 9.21. The highest BCUT2D eigenvalue weighted by atomic mass is 19.4. The average molecular weight is 613 g/mol. The number of aromatic nitrogens is 1. The Labute approximate surface area is 254 Å². The van der Waals surface area contributed by atoms with Crippen LogP contribution in [0.4, 0.5) is 22.4 Å². The van der Waals surface area contributed by atoms with Gasteiger partial charge in [-0.1, -0.05) is 12.1 Å². The van der Waals surface area contributed by atoms with Crippen LogP contribution in [0.5, 0.6) is 5.75 Å². The van der Waals surface area contributed by atoms with Crippen LogP contribution >= 0.6 is 0 Å². The van der Waals surface area contributed by atoms with Gasteiger partial charge in [-0.15, -0.1) is 0 Å². The number of nitrogens with zero attached hydrogens (tertiary/aromatic N) is 2. The number of amides is 1. The van der Waals surface area contributed by atoms with Gasteiger partial charge in [-0.3, -0.25) is 9.88 Å². The monoisotopic (exact) mass is 612 g/mol. The fourth-order valence-electron chi connectivity index (χ4n) is 6.53. The topological polar surface area (TPSA) is 71.9 Å². The Morgan fingerprint density at radius 2 is 1.68 bits per heavy atom. The summed E-state index contributed by atoms with van der Waals surface area (Å²) in [7, 11) is 1.60. The molecule has 1 aromatic heterocycles. The van der Waals surface area contributed by atoms with Crippen LogP contribution in [0.2, 0.25) is 0 Å². The molecule has 2 aromatic carbocycles. The fraction of sp³-hybridized carbons (Fsp3) is 0.471. The van der Waals surface area contributed by atoms with E-state index in [-0.39, 0.29) is 23.8 Å². The molecule has 0 unspecified atom stereocenters. The maximum atomic E-state index is 13.6. The number of ether oxygens (including phenoxy) is 2. The molecule has 2 saturated carbocycles. The van der Waals surface area contributed by atoms with Crippen molar-refractivity contribution in [3.8, 4) is 16.9 Å². The second kappa shape index (κ2) is 12.0. The molecule has 234 valence electrons. The van der Waals surface area contributed by atoms with Crippen molar-refractivity contribution in [2.24, 2.45) is 0 Å². The first-order valence-electron chi connectivity index (χ1n) is 15.2. The number of aliphatic hydroxyl groups excluding tert-OH is 1. The highest BCUT2D eigenvalue weighted by Crippen LogP contribution is 2.44. The minimum absolute atomic E-state index is 0.0737. The molecule has 2 atom stereocenters. The molecule has 10 heteroatoms. The number of rotatable bonds is 8. The van der Waals surface area contributed by atoms with Crippen LogP contribution in [0.15, 0.2) is 48.5 Å². The molecule has 0 spiro atoms. The summed E-state index contributed by atoms with van der Waals surface area (Å²) in [5, 5.41) is 10.0. The quantitative estimate of drug-likeness (QED) is 0.260. The lowest BCUT2D eigenvalue weighted by Gasteiger charge is -2.27. The van der Waals surface area contributed by atoms with Crippen LogP contribution < -0.4 is 4.74 Å². The number of hydrogen-bond donors (Lipinski definition) is 1. The van der Waals surface area contributed by atoms with Crippen LogP contribution in [0.25, 0.3) is 11.1 Å². The summed E-state index contributed by atoms with van der Waals surface area (Å²) in [6, 6.07) is 12.5. The minimum Gasteiger partial charge on any atom is -0.496 e. The van der Waals surface area contributed by atoms with Crippen molar-refractivity contribution in [3.63, 3.8) is 0 Å². The summed E-state index contributed by atoms with van der Waals surface area (Å²) < 4.78 is 65.6. The molecule has 6 nitrogen and oxygen atoms in total. The molecular weight excluding hydrogens is 576 g/mol. The molecule has 1 saturated heterocycles. The Bertz CT molecular complexity index is 1530. The third kappa shape index (κ3) is 6.14. The zero-order valence-corrected chi connectivity index (χ0v) is 24.7. The highest BCUT2D eigenvalue weighted by Gasteiger charge is 2.42. The van der Waals surface area contributed by atoms with E-state index >= 15 is 0 Å². The molecule has 0 radical (unpaired) electrons. The van der Waals surface area contributed by atoms with Gasteiger partial charge in [-0.2, -0.15) is 13.2 Å². The molecule has 3 aliphatic rings. The molecule has 44 heavy (non-hydrogen) atoms. The smallest absolute Gasteiger partial charge is 0.416 e. The van der Waals surface area contributed by atoms with Crippen LogP contribution in [-0.2, 0) is 24.1 Å². The lowest BCUT2D eigenvalue weighted by atomic mass is 9.82. The number of carbonyl (C=O) groups is 1. The van der Waals surface area contributed by atoms with Gasteiger partial charge in [0.2, 0.25) is 0 Å². The number of halogens is 4. The van der Waals surface area contributed by atoms with Gasteiger partial charge in [-0.25, -0.2) is 9.18 Å². The van der Waals surface area contributed by atoms with Crippen molar-refractivity contribution in [1.29, 1.82) is 0 Å². The fourth-order valence-corrected chi connectivity index (χ4v) is 6.53. The lowest BCUT2D eigenvalue weighted by molar-refractivity contribution is -0.137. The largest absolute Gasteiger partial charge is 0.496 e. The Kier molecular flexibility index (Phi) is 8.30. The Balaban J connectivity index is 1.35. The van der Waals surface area contributed by atoms with E-state index in [0.29, 0.717) is 23.3 Å². The first kappa shape index (κ1) is 30.4. The first-order valence-corrected chi connectivity index (χ1v) is 15.2. The normalized spacial score (nSPS) is 24.0. The van der Waals surface area contributed by atoms with E-state index < -0.39 is 36.7 Å². The SMILES string of the molecule is COc1ccc(C2CCC(O)CC2)cc1-c1ccc(C2CC2)nc1CN1C(=O)O[C@H](c2cc(CF)cc(C(F)(F)F)c2)[C@@H]1C. The molecular formula is C34H36F4N2O4. The maximum Gasteiger partial charge on any atom is 0.416 e. The predicted molar refractivity (Wildman–Crippen MR) is 156 cm³/mol. The summed E-state index contributed by atoms with van der Waals surface area (Å²) in [6.45, 7) is 0.720. The molecule has 1 amide bonds. The molecule has 3 fully saturated rings. The third-order valence-electron chi connectivity index (χ3n) is 9.21. The van der Waals surface area contributed by atoms with E-state index in [0.717, 1.165) is 73.0 Å². The van der Waals surface area contributed by atoms with Gasteiger partial charge in [0.25, 0.3) is 0 Å². The second-order valence-electron chi connectivity index (χ2n) is 12.2. The number of hydrogen-bond acceptors (Lipinski definition) is 5. The van der Waals surface area contributed by atoms with Crippen LogP contribution in [-0.4, -0.2) is 40.3 Å². The van der Waals surface area contributed by atoms with Crippen molar-refractivity contribution < 1.29 is 36.9 Å². The van der Waals surface area contributed by atoms with E-state index in [1.807, 2.05) is 18.2 Å². The van der Waals surface area contributed by atoms with Crippen LogP contribution in [0, 0.1) is 0 Å². The first-order chi connectivity index (χ1) is 21.0. The van der Waals surface area contributed by atoms with Crippen molar-refractivity contribution in [2.75, 3.05) is 7.11 Å². The molecule has 0 bridgehead atoms. The summed E-state index contributed by atoms with van der Waals surface area (Å²) in [5.41, 5.74) is 3.34. The van der Waals surface area contributed by atoms with E-state index in [4.69, 9.17) is 14.5 Å². The Morgan fingerprint density at radius 1 is 0.955 bits per heavy atom.